The molecule has 1 aliphatic rings. The number of urea groups is 1. The van der Waals surface area contributed by atoms with Crippen LogP contribution in [-0.2, 0) is 30.3 Å². The first kappa shape index (κ1) is 34.2. The summed E-state index contributed by atoms with van der Waals surface area (Å²) in [4.78, 5) is 45.7. The Morgan fingerprint density at radius 2 is 1.60 bits per heavy atom. The molecule has 1 heterocycles. The maximum atomic E-state index is 12.2. The highest BCUT2D eigenvalue weighted by Gasteiger charge is 2.25. The molecule has 0 fully saturated rings. The number of ether oxygens (including phenoxy) is 3. The van der Waals surface area contributed by atoms with Crippen LogP contribution in [0, 0.1) is 0 Å². The van der Waals surface area contributed by atoms with Crippen LogP contribution >= 0.6 is 0 Å². The lowest BCUT2D eigenvalue weighted by Crippen LogP contribution is -2.51. The van der Waals surface area contributed by atoms with Crippen LogP contribution in [-0.4, -0.2) is 115 Å². The third-order valence-electron chi connectivity index (χ3n) is 6.01. The van der Waals surface area contributed by atoms with E-state index in [1.165, 1.54) is 0 Å². The van der Waals surface area contributed by atoms with Crippen LogP contribution in [0.15, 0.2) is 34.6 Å². The fourth-order valence-electron chi connectivity index (χ4n) is 3.81. The summed E-state index contributed by atoms with van der Waals surface area (Å²) >= 11 is 0. The molecular formula is C26H38FN5O10. The van der Waals surface area contributed by atoms with E-state index in [9.17, 15) is 28.7 Å². The number of hydrogen-bond acceptors (Lipinski definition) is 10. The van der Waals surface area contributed by atoms with Crippen molar-refractivity contribution in [3.05, 3.63) is 29.8 Å². The summed E-state index contributed by atoms with van der Waals surface area (Å²) in [6.07, 6.45) is 0.270. The summed E-state index contributed by atoms with van der Waals surface area (Å²) in [7, 11) is 0. The van der Waals surface area contributed by atoms with E-state index < -0.39 is 42.4 Å². The SMILES string of the molecule is O=C(O)CCC(NC(=O)NC(Cc1ccc(OCCOCCOCCN2CC(CCCF)N=N2)cc1)C(=O)O)C(=O)O. The molecular weight excluding hydrogens is 561 g/mol. The molecule has 0 radical (unpaired) electrons. The van der Waals surface area contributed by atoms with Gasteiger partial charge in [-0.2, -0.15) is 5.11 Å². The van der Waals surface area contributed by atoms with Crippen molar-refractivity contribution >= 4 is 23.9 Å². The van der Waals surface area contributed by atoms with Crippen molar-refractivity contribution < 1.29 is 53.1 Å². The van der Waals surface area contributed by atoms with E-state index in [1.54, 1.807) is 24.3 Å². The molecule has 234 valence electrons. The first-order valence-electron chi connectivity index (χ1n) is 13.5. The van der Waals surface area contributed by atoms with E-state index in [0.717, 1.165) is 0 Å². The number of carboxylic acids is 3. The van der Waals surface area contributed by atoms with Gasteiger partial charge in [0, 0.05) is 12.8 Å². The van der Waals surface area contributed by atoms with Crippen molar-refractivity contribution in [1.29, 1.82) is 0 Å². The van der Waals surface area contributed by atoms with Gasteiger partial charge < -0.3 is 40.2 Å². The van der Waals surface area contributed by atoms with Crippen LogP contribution in [0.4, 0.5) is 9.18 Å². The Hall–Kier alpha value is -4.05. The minimum absolute atomic E-state index is 0.0525. The average Bonchev–Trinajstić information content (AvgIpc) is 3.40. The minimum Gasteiger partial charge on any atom is -0.491 e. The van der Waals surface area contributed by atoms with E-state index in [0.29, 0.717) is 63.7 Å². The summed E-state index contributed by atoms with van der Waals surface area (Å²) in [5.74, 6) is -3.46. The Labute approximate surface area is 242 Å². The van der Waals surface area contributed by atoms with E-state index in [4.69, 9.17) is 24.4 Å². The van der Waals surface area contributed by atoms with Crippen molar-refractivity contribution in [2.75, 3.05) is 52.8 Å². The Morgan fingerprint density at radius 3 is 2.24 bits per heavy atom. The monoisotopic (exact) mass is 599 g/mol. The van der Waals surface area contributed by atoms with Crippen molar-refractivity contribution in [1.82, 2.24) is 15.6 Å². The zero-order valence-corrected chi connectivity index (χ0v) is 23.2. The lowest BCUT2D eigenvalue weighted by atomic mass is 10.1. The number of amides is 2. The Morgan fingerprint density at radius 1 is 0.952 bits per heavy atom. The van der Waals surface area contributed by atoms with Crippen molar-refractivity contribution in [3.8, 4) is 5.75 Å². The molecule has 5 N–H and O–H groups in total. The summed E-state index contributed by atoms with van der Waals surface area (Å²) in [5.41, 5.74) is 0.579. The zero-order chi connectivity index (χ0) is 30.7. The molecule has 15 nitrogen and oxygen atoms in total. The molecule has 1 aromatic rings. The van der Waals surface area contributed by atoms with Gasteiger partial charge in [-0.3, -0.25) is 14.2 Å². The number of nitrogens with one attached hydrogen (secondary N) is 2. The molecule has 0 aliphatic carbocycles. The van der Waals surface area contributed by atoms with Crippen LogP contribution in [0.2, 0.25) is 0 Å². The molecule has 42 heavy (non-hydrogen) atoms. The van der Waals surface area contributed by atoms with Crippen LogP contribution in [0.1, 0.15) is 31.2 Å². The molecule has 16 heteroatoms. The molecule has 0 bridgehead atoms. The zero-order valence-electron chi connectivity index (χ0n) is 23.2. The van der Waals surface area contributed by atoms with Gasteiger partial charge in [0.05, 0.1) is 52.2 Å². The highest BCUT2D eigenvalue weighted by molar-refractivity contribution is 5.86. The highest BCUT2D eigenvalue weighted by atomic mass is 19.1. The van der Waals surface area contributed by atoms with Gasteiger partial charge >= 0.3 is 23.9 Å². The number of halogens is 1. The standard InChI is InChI=1S/C26H38FN5O10/c27-9-1-2-19-17-32(31-30-19)10-11-40-12-13-41-14-15-42-20-5-3-18(4-6-20)16-22(25(37)38)29-26(39)28-21(24(35)36)7-8-23(33)34/h3-6,19,21-22H,1-2,7-17H2,(H,33,34)(H,35,36)(H,37,38)(H2,28,29,39). The molecule has 0 spiro atoms. The lowest BCUT2D eigenvalue weighted by molar-refractivity contribution is -0.140. The maximum absolute atomic E-state index is 12.2. The summed E-state index contributed by atoms with van der Waals surface area (Å²) in [6.45, 7) is 2.80. The maximum Gasteiger partial charge on any atom is 0.326 e. The second-order valence-corrected chi connectivity index (χ2v) is 9.36. The predicted molar refractivity (Wildman–Crippen MR) is 144 cm³/mol. The third kappa shape index (κ3) is 14.0. The average molecular weight is 600 g/mol. The van der Waals surface area contributed by atoms with Gasteiger partial charge in [-0.05, 0) is 37.0 Å². The number of nitrogens with zero attached hydrogens (tertiary/aromatic N) is 3. The number of rotatable bonds is 22. The topological polar surface area (TPSA) is 209 Å². The Kier molecular flexibility index (Phi) is 15.6. The molecule has 0 aromatic heterocycles. The van der Waals surface area contributed by atoms with Crippen LogP contribution in [0.3, 0.4) is 0 Å². The van der Waals surface area contributed by atoms with E-state index in [-0.39, 0.29) is 32.2 Å². The predicted octanol–water partition coefficient (Wildman–Crippen LogP) is 1.51. The molecule has 3 unspecified atom stereocenters. The molecule has 0 saturated heterocycles. The fraction of sp³-hybridized carbons (Fsp3) is 0.615. The van der Waals surface area contributed by atoms with Gasteiger partial charge in [0.25, 0.3) is 0 Å². The minimum atomic E-state index is -1.48. The first-order valence-corrected chi connectivity index (χ1v) is 13.5. The van der Waals surface area contributed by atoms with Gasteiger partial charge in [-0.25, -0.2) is 14.4 Å². The van der Waals surface area contributed by atoms with Gasteiger partial charge in [0.2, 0.25) is 0 Å². The lowest BCUT2D eigenvalue weighted by Gasteiger charge is -2.18. The fourth-order valence-corrected chi connectivity index (χ4v) is 3.81. The van der Waals surface area contributed by atoms with Crippen LogP contribution < -0.4 is 15.4 Å². The summed E-state index contributed by atoms with van der Waals surface area (Å²) < 4.78 is 28.8. The normalized spacial score (nSPS) is 15.6. The Bertz CT molecular complexity index is 1030. The summed E-state index contributed by atoms with van der Waals surface area (Å²) in [6, 6.07) is 2.73. The molecule has 2 amide bonds. The van der Waals surface area contributed by atoms with Gasteiger partial charge in [-0.1, -0.05) is 17.4 Å². The second-order valence-electron chi connectivity index (χ2n) is 9.36. The Balaban J connectivity index is 1.60. The number of benzene rings is 1. The van der Waals surface area contributed by atoms with Gasteiger partial charge in [0.15, 0.2) is 0 Å². The summed E-state index contributed by atoms with van der Waals surface area (Å²) in [5, 5.41) is 41.6. The molecule has 3 atom stereocenters. The number of carbonyl (C=O) groups is 4. The van der Waals surface area contributed by atoms with E-state index >= 15 is 0 Å². The molecule has 1 aromatic carbocycles. The van der Waals surface area contributed by atoms with Crippen molar-refractivity contribution in [2.45, 2.75) is 50.2 Å². The second kappa shape index (κ2) is 19.1. The molecule has 2 rings (SSSR count). The third-order valence-corrected chi connectivity index (χ3v) is 6.01. The van der Waals surface area contributed by atoms with Crippen molar-refractivity contribution in [2.24, 2.45) is 10.3 Å². The number of aliphatic carboxylic acids is 3. The van der Waals surface area contributed by atoms with Crippen LogP contribution in [0.25, 0.3) is 0 Å². The van der Waals surface area contributed by atoms with Crippen molar-refractivity contribution in [3.63, 3.8) is 0 Å². The molecule has 1 aliphatic heterocycles. The van der Waals surface area contributed by atoms with Crippen LogP contribution in [0.5, 0.6) is 5.75 Å². The number of carbonyl (C=O) groups excluding carboxylic acids is 1. The van der Waals surface area contributed by atoms with Gasteiger partial charge in [-0.15, -0.1) is 0 Å². The van der Waals surface area contributed by atoms with E-state index in [2.05, 4.69) is 21.0 Å². The molecule has 0 saturated carbocycles. The smallest absolute Gasteiger partial charge is 0.326 e. The number of carboxylic acid groups (broad SMARTS) is 3. The first-order chi connectivity index (χ1) is 20.2. The number of alkyl halides is 1. The van der Waals surface area contributed by atoms with Gasteiger partial charge in [0.1, 0.15) is 24.4 Å². The quantitative estimate of drug-likeness (QED) is 0.121. The highest BCUT2D eigenvalue weighted by Crippen LogP contribution is 2.15. The largest absolute Gasteiger partial charge is 0.491 e. The van der Waals surface area contributed by atoms with E-state index in [1.807, 2.05) is 5.01 Å². The number of hydrogen-bond donors (Lipinski definition) is 5.